The van der Waals surface area contributed by atoms with Gasteiger partial charge < -0.3 is 5.32 Å². The van der Waals surface area contributed by atoms with Gasteiger partial charge in [-0.3, -0.25) is 4.79 Å². The zero-order valence-corrected chi connectivity index (χ0v) is 13.5. The molecule has 1 aromatic carbocycles. The molecular formula is C15H17BrFN3O. The van der Waals surface area contributed by atoms with E-state index in [9.17, 15) is 9.18 Å². The zero-order chi connectivity index (χ0) is 15.4. The second-order valence-corrected chi connectivity index (χ2v) is 5.81. The van der Waals surface area contributed by atoms with Crippen LogP contribution in [0.1, 0.15) is 25.5 Å². The van der Waals surface area contributed by atoms with Crippen molar-refractivity contribution in [1.82, 2.24) is 9.78 Å². The van der Waals surface area contributed by atoms with E-state index in [4.69, 9.17) is 0 Å². The first-order chi connectivity index (χ1) is 9.99. The van der Waals surface area contributed by atoms with Crippen LogP contribution in [0, 0.1) is 5.82 Å². The van der Waals surface area contributed by atoms with Gasteiger partial charge in [-0.05, 0) is 53.9 Å². The minimum absolute atomic E-state index is 0.0158. The average Bonchev–Trinajstić information content (AvgIpc) is 2.45. The molecule has 0 unspecified atom stereocenters. The van der Waals surface area contributed by atoms with Crippen LogP contribution in [0.2, 0.25) is 0 Å². The third-order valence-corrected chi connectivity index (χ3v) is 3.84. The highest BCUT2D eigenvalue weighted by molar-refractivity contribution is 9.10. The Bertz CT molecular complexity index is 668. The van der Waals surface area contributed by atoms with Gasteiger partial charge in [0.15, 0.2) is 0 Å². The molecule has 0 atom stereocenters. The maximum atomic E-state index is 12.8. The molecule has 0 saturated carbocycles. The lowest BCUT2D eigenvalue weighted by Gasteiger charge is -2.12. The molecule has 1 heterocycles. The number of halogens is 2. The van der Waals surface area contributed by atoms with Gasteiger partial charge in [0, 0.05) is 6.54 Å². The Morgan fingerprint density at radius 1 is 1.33 bits per heavy atom. The predicted molar refractivity (Wildman–Crippen MR) is 85.2 cm³/mol. The molecule has 0 fully saturated rings. The van der Waals surface area contributed by atoms with Crippen LogP contribution in [0.5, 0.6) is 0 Å². The molecule has 1 N–H and O–H groups in total. The van der Waals surface area contributed by atoms with E-state index in [1.165, 1.54) is 16.8 Å². The van der Waals surface area contributed by atoms with Gasteiger partial charge in [-0.1, -0.05) is 12.1 Å². The largest absolute Gasteiger partial charge is 0.382 e. The highest BCUT2D eigenvalue weighted by atomic mass is 79.9. The lowest BCUT2D eigenvalue weighted by Crippen LogP contribution is -2.26. The number of hydrogen-bond acceptors (Lipinski definition) is 3. The van der Waals surface area contributed by atoms with Crippen molar-refractivity contribution in [3.05, 3.63) is 56.7 Å². The summed E-state index contributed by atoms with van der Waals surface area (Å²) in [5, 5.41) is 7.30. The first kappa shape index (κ1) is 15.7. The van der Waals surface area contributed by atoms with Crippen LogP contribution in [0.25, 0.3) is 0 Å². The summed E-state index contributed by atoms with van der Waals surface area (Å²) in [6, 6.07) is 6.40. The Morgan fingerprint density at radius 2 is 2.00 bits per heavy atom. The first-order valence-electron chi connectivity index (χ1n) is 6.74. The van der Waals surface area contributed by atoms with Crippen molar-refractivity contribution in [2.75, 3.05) is 11.9 Å². The highest BCUT2D eigenvalue weighted by Crippen LogP contribution is 2.17. The van der Waals surface area contributed by atoms with Gasteiger partial charge in [0.1, 0.15) is 10.3 Å². The van der Waals surface area contributed by atoms with E-state index in [1.54, 1.807) is 18.3 Å². The number of aromatic nitrogens is 2. The topological polar surface area (TPSA) is 46.9 Å². The Hall–Kier alpha value is -1.69. The van der Waals surface area contributed by atoms with Crippen molar-refractivity contribution in [2.45, 2.75) is 26.3 Å². The summed E-state index contributed by atoms with van der Waals surface area (Å²) >= 11 is 3.31. The normalized spacial score (nSPS) is 10.9. The maximum absolute atomic E-state index is 12.8. The minimum atomic E-state index is -0.240. The van der Waals surface area contributed by atoms with Crippen LogP contribution in [0.15, 0.2) is 39.7 Å². The molecule has 0 radical (unpaired) electrons. The third kappa shape index (κ3) is 3.91. The van der Waals surface area contributed by atoms with E-state index in [2.05, 4.69) is 26.3 Å². The Kier molecular flexibility index (Phi) is 5.12. The molecule has 112 valence electrons. The molecule has 0 aliphatic heterocycles. The molecular weight excluding hydrogens is 337 g/mol. The smallest absolute Gasteiger partial charge is 0.283 e. The number of anilines is 1. The van der Waals surface area contributed by atoms with Crippen LogP contribution in [0.4, 0.5) is 10.1 Å². The summed E-state index contributed by atoms with van der Waals surface area (Å²) in [4.78, 5) is 12.1. The lowest BCUT2D eigenvalue weighted by atomic mass is 10.1. The van der Waals surface area contributed by atoms with Gasteiger partial charge in [-0.25, -0.2) is 9.07 Å². The SMILES string of the molecule is CC(C)n1ncc(NCCc2ccc(F)cc2)c(Br)c1=O. The Morgan fingerprint density at radius 3 is 2.62 bits per heavy atom. The molecule has 4 nitrogen and oxygen atoms in total. The van der Waals surface area contributed by atoms with Crippen LogP contribution in [-0.4, -0.2) is 16.3 Å². The molecule has 2 rings (SSSR count). The summed E-state index contributed by atoms with van der Waals surface area (Å²) in [5.74, 6) is -0.240. The van der Waals surface area contributed by atoms with Crippen molar-refractivity contribution in [1.29, 1.82) is 0 Å². The Labute approximate surface area is 131 Å². The third-order valence-electron chi connectivity index (χ3n) is 3.08. The van der Waals surface area contributed by atoms with Crippen molar-refractivity contribution >= 4 is 21.6 Å². The second kappa shape index (κ2) is 6.85. The number of hydrogen-bond donors (Lipinski definition) is 1. The molecule has 0 aliphatic carbocycles. The zero-order valence-electron chi connectivity index (χ0n) is 11.9. The highest BCUT2D eigenvalue weighted by Gasteiger charge is 2.10. The number of rotatable bonds is 5. The molecule has 21 heavy (non-hydrogen) atoms. The van der Waals surface area contributed by atoms with E-state index in [-0.39, 0.29) is 17.4 Å². The average molecular weight is 354 g/mol. The second-order valence-electron chi connectivity index (χ2n) is 5.02. The fourth-order valence-corrected chi connectivity index (χ4v) is 2.35. The summed E-state index contributed by atoms with van der Waals surface area (Å²) in [7, 11) is 0. The van der Waals surface area contributed by atoms with E-state index < -0.39 is 0 Å². The summed E-state index contributed by atoms with van der Waals surface area (Å²) in [6.45, 7) is 4.45. The van der Waals surface area contributed by atoms with E-state index >= 15 is 0 Å². The number of benzene rings is 1. The first-order valence-corrected chi connectivity index (χ1v) is 7.54. The van der Waals surface area contributed by atoms with E-state index in [1.807, 2.05) is 13.8 Å². The minimum Gasteiger partial charge on any atom is -0.382 e. The lowest BCUT2D eigenvalue weighted by molar-refractivity contribution is 0.501. The van der Waals surface area contributed by atoms with Crippen molar-refractivity contribution in [3.63, 3.8) is 0 Å². The molecule has 6 heteroatoms. The van der Waals surface area contributed by atoms with Gasteiger partial charge in [0.2, 0.25) is 0 Å². The van der Waals surface area contributed by atoms with Crippen LogP contribution >= 0.6 is 15.9 Å². The van der Waals surface area contributed by atoms with Crippen molar-refractivity contribution < 1.29 is 4.39 Å². The molecule has 1 aromatic heterocycles. The van der Waals surface area contributed by atoms with Crippen LogP contribution in [-0.2, 0) is 6.42 Å². The summed E-state index contributed by atoms with van der Waals surface area (Å²) < 4.78 is 14.7. The summed E-state index contributed by atoms with van der Waals surface area (Å²) in [5.41, 5.74) is 1.54. The molecule has 2 aromatic rings. The van der Waals surface area contributed by atoms with Gasteiger partial charge >= 0.3 is 0 Å². The predicted octanol–water partition coefficient (Wildman–Crippen LogP) is 3.38. The molecule has 0 bridgehead atoms. The monoisotopic (exact) mass is 353 g/mol. The number of nitrogens with one attached hydrogen (secondary N) is 1. The fourth-order valence-electron chi connectivity index (χ4n) is 1.93. The van der Waals surface area contributed by atoms with Crippen molar-refractivity contribution in [2.24, 2.45) is 0 Å². The van der Waals surface area contributed by atoms with Gasteiger partial charge in [0.25, 0.3) is 5.56 Å². The molecule has 0 amide bonds. The number of nitrogens with zero attached hydrogens (tertiary/aromatic N) is 2. The van der Waals surface area contributed by atoms with Crippen molar-refractivity contribution in [3.8, 4) is 0 Å². The molecule has 0 aliphatic rings. The summed E-state index contributed by atoms with van der Waals surface area (Å²) in [6.07, 6.45) is 2.37. The standard InChI is InChI=1S/C15H17BrFN3O/c1-10(2)20-15(21)14(16)13(9-19-20)18-8-7-11-3-5-12(17)6-4-11/h3-6,9-10,18H,7-8H2,1-2H3. The maximum Gasteiger partial charge on any atom is 0.283 e. The van der Waals surface area contributed by atoms with Gasteiger partial charge in [0.05, 0.1) is 17.9 Å². The molecule has 0 spiro atoms. The van der Waals surface area contributed by atoms with Crippen LogP contribution in [0.3, 0.4) is 0 Å². The van der Waals surface area contributed by atoms with E-state index in [0.29, 0.717) is 16.7 Å². The quantitative estimate of drug-likeness (QED) is 0.896. The van der Waals surface area contributed by atoms with Gasteiger partial charge in [-0.15, -0.1) is 0 Å². The van der Waals surface area contributed by atoms with Gasteiger partial charge in [-0.2, -0.15) is 5.10 Å². The van der Waals surface area contributed by atoms with E-state index in [0.717, 1.165) is 12.0 Å². The van der Waals surface area contributed by atoms with Crippen LogP contribution < -0.4 is 10.9 Å². The Balaban J connectivity index is 2.02. The molecule has 0 saturated heterocycles. The fraction of sp³-hybridized carbons (Fsp3) is 0.333.